The molecule has 0 spiro atoms. The van der Waals surface area contributed by atoms with E-state index < -0.39 is 0 Å². The van der Waals surface area contributed by atoms with Crippen LogP contribution in [0.4, 0.5) is 0 Å². The van der Waals surface area contributed by atoms with Crippen LogP contribution < -0.4 is 10.6 Å². The molecule has 160 valence electrons. The fourth-order valence-corrected chi connectivity index (χ4v) is 3.09. The summed E-state index contributed by atoms with van der Waals surface area (Å²) in [5, 5.41) is 6.51. The van der Waals surface area contributed by atoms with E-state index in [0.717, 1.165) is 29.9 Å². The highest BCUT2D eigenvalue weighted by Crippen LogP contribution is 2.09. The Morgan fingerprint density at radius 2 is 1.63 bits per heavy atom. The predicted octanol–water partition coefficient (Wildman–Crippen LogP) is 3.15. The maximum Gasteiger partial charge on any atom is 0.240 e. The van der Waals surface area contributed by atoms with Gasteiger partial charge in [-0.3, -0.25) is 4.79 Å². The number of carbonyl (C=O) groups excluding carboxylic acids is 1. The first-order chi connectivity index (χ1) is 14.5. The molecule has 2 rings (SSSR count). The van der Waals surface area contributed by atoms with Gasteiger partial charge in [0.2, 0.25) is 5.91 Å². The summed E-state index contributed by atoms with van der Waals surface area (Å²) < 4.78 is 5.09. The summed E-state index contributed by atoms with van der Waals surface area (Å²) in [4.78, 5) is 14.5. The molecule has 1 atom stereocenters. The molecule has 0 aromatic heterocycles. The number of rotatable bonds is 13. The van der Waals surface area contributed by atoms with Crippen LogP contribution in [-0.4, -0.2) is 50.7 Å². The lowest BCUT2D eigenvalue weighted by molar-refractivity contribution is -0.122. The predicted molar refractivity (Wildman–Crippen MR) is 123 cm³/mol. The number of methoxy groups -OCH3 is 1. The Balaban J connectivity index is 1.96. The molecule has 0 aliphatic rings. The highest BCUT2D eigenvalue weighted by molar-refractivity contribution is 5.79. The second-order valence-electron chi connectivity index (χ2n) is 7.35. The van der Waals surface area contributed by atoms with Gasteiger partial charge < -0.3 is 20.3 Å². The summed E-state index contributed by atoms with van der Waals surface area (Å²) in [5.74, 6) is -0.0818. The number of carbonyl (C=O) groups is 1. The van der Waals surface area contributed by atoms with Crippen LogP contribution in [0.1, 0.15) is 11.1 Å². The van der Waals surface area contributed by atoms with Crippen molar-refractivity contribution in [2.75, 3.05) is 33.9 Å². The van der Waals surface area contributed by atoms with Gasteiger partial charge in [-0.15, -0.1) is 0 Å². The lowest BCUT2D eigenvalue weighted by atomic mass is 10.0. The summed E-state index contributed by atoms with van der Waals surface area (Å²) in [6, 6.07) is 20.2. The van der Waals surface area contributed by atoms with Crippen LogP contribution in [0.15, 0.2) is 85.2 Å². The first kappa shape index (κ1) is 23.2. The maximum absolute atomic E-state index is 12.7. The second-order valence-corrected chi connectivity index (χ2v) is 7.35. The first-order valence-electron chi connectivity index (χ1n) is 10.2. The van der Waals surface area contributed by atoms with Crippen molar-refractivity contribution in [2.45, 2.75) is 18.9 Å². The Labute approximate surface area is 180 Å². The van der Waals surface area contributed by atoms with Gasteiger partial charge in [-0.2, -0.15) is 0 Å². The number of benzene rings is 2. The van der Waals surface area contributed by atoms with Crippen molar-refractivity contribution in [3.63, 3.8) is 0 Å². The maximum atomic E-state index is 12.7. The molecule has 0 saturated heterocycles. The third-order valence-corrected chi connectivity index (χ3v) is 4.88. The van der Waals surface area contributed by atoms with Gasteiger partial charge in [0.25, 0.3) is 0 Å². The van der Waals surface area contributed by atoms with Crippen LogP contribution >= 0.6 is 0 Å². The Bertz CT molecular complexity index is 806. The number of amides is 1. The molecule has 0 bridgehead atoms. The van der Waals surface area contributed by atoms with Gasteiger partial charge in [0.15, 0.2) is 0 Å². The molecule has 2 N–H and O–H groups in total. The van der Waals surface area contributed by atoms with E-state index in [9.17, 15) is 4.79 Å². The first-order valence-corrected chi connectivity index (χ1v) is 10.2. The second kappa shape index (κ2) is 12.5. The minimum absolute atomic E-state index is 0.0818. The van der Waals surface area contributed by atoms with E-state index in [2.05, 4.69) is 48.1 Å². The monoisotopic (exact) mass is 407 g/mol. The smallest absolute Gasteiger partial charge is 0.240 e. The molecule has 0 radical (unpaired) electrons. The van der Waals surface area contributed by atoms with Gasteiger partial charge in [-0.05, 0) is 24.0 Å². The van der Waals surface area contributed by atoms with E-state index in [-0.39, 0.29) is 18.5 Å². The van der Waals surface area contributed by atoms with Crippen molar-refractivity contribution in [2.24, 2.45) is 0 Å². The molecule has 1 amide bonds. The number of ether oxygens (including phenoxy) is 1. The zero-order chi connectivity index (χ0) is 21.8. The van der Waals surface area contributed by atoms with Gasteiger partial charge >= 0.3 is 0 Å². The van der Waals surface area contributed by atoms with Crippen molar-refractivity contribution in [3.05, 3.63) is 96.3 Å². The Kier molecular flexibility index (Phi) is 9.68. The molecule has 0 aliphatic heterocycles. The average Bonchev–Trinajstić information content (AvgIpc) is 2.74. The highest BCUT2D eigenvalue weighted by Gasteiger charge is 2.18. The fourth-order valence-electron chi connectivity index (χ4n) is 3.09. The normalized spacial score (nSPS) is 11.4. The van der Waals surface area contributed by atoms with Crippen molar-refractivity contribution in [1.82, 2.24) is 15.5 Å². The van der Waals surface area contributed by atoms with Gasteiger partial charge in [0.05, 0.1) is 19.2 Å². The Morgan fingerprint density at radius 1 is 1.03 bits per heavy atom. The molecule has 2 aromatic rings. The lowest BCUT2D eigenvalue weighted by Gasteiger charge is -2.25. The van der Waals surface area contributed by atoms with E-state index in [0.29, 0.717) is 13.0 Å². The third kappa shape index (κ3) is 8.13. The Hall–Kier alpha value is -3.05. The minimum atomic E-state index is -0.209. The minimum Gasteiger partial charge on any atom is -0.387 e. The highest BCUT2D eigenvalue weighted by atomic mass is 16.5. The standard InChI is InChI=1S/C25H33N3O2/c1-20(19-30-4)28(3)18-25(29)27-24(17-23-13-9-6-10-14-23)21(2)26-16-15-22-11-7-5-8-12-22/h5-14,24,26H,1-2,15-19H2,3-4H3,(H,27,29). The van der Waals surface area contributed by atoms with E-state index in [4.69, 9.17) is 4.74 Å². The van der Waals surface area contributed by atoms with Crippen molar-refractivity contribution < 1.29 is 9.53 Å². The molecule has 30 heavy (non-hydrogen) atoms. The number of hydrogen-bond acceptors (Lipinski definition) is 4. The SMILES string of the molecule is C=C(NCCc1ccccc1)C(Cc1ccccc1)NC(=O)CN(C)C(=C)COC. The molecule has 0 heterocycles. The summed E-state index contributed by atoms with van der Waals surface area (Å²) in [7, 11) is 3.44. The zero-order valence-electron chi connectivity index (χ0n) is 18.1. The quantitative estimate of drug-likeness (QED) is 0.536. The molecule has 1 unspecified atom stereocenters. The Morgan fingerprint density at radius 3 is 2.23 bits per heavy atom. The van der Waals surface area contributed by atoms with Gasteiger partial charge in [-0.25, -0.2) is 0 Å². The molecule has 5 heteroatoms. The number of hydrogen-bond donors (Lipinski definition) is 2. The summed E-state index contributed by atoms with van der Waals surface area (Å²) in [6.45, 7) is 9.51. The number of likely N-dealkylation sites (N-methyl/N-ethyl adjacent to an activating group) is 1. The van der Waals surface area contributed by atoms with Crippen LogP contribution in [-0.2, 0) is 22.4 Å². The van der Waals surface area contributed by atoms with Gasteiger partial charge in [0, 0.05) is 32.1 Å². The number of nitrogens with one attached hydrogen (secondary N) is 2. The molecular weight excluding hydrogens is 374 g/mol. The molecule has 0 aliphatic carbocycles. The van der Waals surface area contributed by atoms with Crippen molar-refractivity contribution >= 4 is 5.91 Å². The van der Waals surface area contributed by atoms with E-state index >= 15 is 0 Å². The molecule has 0 fully saturated rings. The molecule has 2 aromatic carbocycles. The third-order valence-electron chi connectivity index (χ3n) is 4.88. The van der Waals surface area contributed by atoms with Crippen LogP contribution in [0.2, 0.25) is 0 Å². The van der Waals surface area contributed by atoms with E-state index in [1.54, 1.807) is 12.0 Å². The van der Waals surface area contributed by atoms with Crippen LogP contribution in [0, 0.1) is 0 Å². The number of nitrogens with zero attached hydrogens (tertiary/aromatic N) is 1. The zero-order valence-corrected chi connectivity index (χ0v) is 18.1. The molecular formula is C25H33N3O2. The summed E-state index contributed by atoms with van der Waals surface area (Å²) >= 11 is 0. The van der Waals surface area contributed by atoms with Crippen LogP contribution in [0.5, 0.6) is 0 Å². The van der Waals surface area contributed by atoms with Gasteiger partial charge in [-0.1, -0.05) is 73.8 Å². The lowest BCUT2D eigenvalue weighted by Crippen LogP contribution is -2.45. The summed E-state index contributed by atoms with van der Waals surface area (Å²) in [5.41, 5.74) is 3.97. The average molecular weight is 408 g/mol. The molecule has 5 nitrogen and oxygen atoms in total. The van der Waals surface area contributed by atoms with E-state index in [1.807, 2.05) is 43.4 Å². The van der Waals surface area contributed by atoms with E-state index in [1.165, 1.54) is 5.56 Å². The van der Waals surface area contributed by atoms with Gasteiger partial charge in [0.1, 0.15) is 0 Å². The van der Waals surface area contributed by atoms with Crippen molar-refractivity contribution in [3.8, 4) is 0 Å². The van der Waals surface area contributed by atoms with Crippen LogP contribution in [0.25, 0.3) is 0 Å². The molecule has 0 saturated carbocycles. The topological polar surface area (TPSA) is 53.6 Å². The largest absolute Gasteiger partial charge is 0.387 e. The summed E-state index contributed by atoms with van der Waals surface area (Å²) in [6.07, 6.45) is 1.57. The van der Waals surface area contributed by atoms with Crippen LogP contribution in [0.3, 0.4) is 0 Å². The fraction of sp³-hybridized carbons (Fsp3) is 0.320. The van der Waals surface area contributed by atoms with Crippen molar-refractivity contribution in [1.29, 1.82) is 0 Å².